The van der Waals surface area contributed by atoms with Crippen molar-refractivity contribution in [2.24, 2.45) is 5.92 Å². The largest absolute Gasteiger partial charge is 0.497 e. The Morgan fingerprint density at radius 2 is 2.17 bits per heavy atom. The molecule has 2 aromatic rings. The van der Waals surface area contributed by atoms with Gasteiger partial charge in [0.05, 0.1) is 13.4 Å². The standard InChI is InChI=1S/C22H28N4O3/c1-29-19-5-2-4-17(14-19)22(28)25-12-8-20-18(15-25)6-7-21(27)26(20)11-3-10-24-13-9-23-16-24/h2,4-5,9,13-14,16,18,20H,3,6-8,10-12,15H2,1H3/t18-,20+/m1/s1. The Balaban J connectivity index is 1.37. The van der Waals surface area contributed by atoms with Crippen LogP contribution in [-0.4, -0.2) is 64.0 Å². The summed E-state index contributed by atoms with van der Waals surface area (Å²) in [6.07, 6.45) is 8.73. The average Bonchev–Trinajstić information content (AvgIpc) is 3.28. The van der Waals surface area contributed by atoms with E-state index in [0.717, 1.165) is 32.4 Å². The monoisotopic (exact) mass is 396 g/mol. The van der Waals surface area contributed by atoms with Gasteiger partial charge in [-0.3, -0.25) is 9.59 Å². The highest BCUT2D eigenvalue weighted by Crippen LogP contribution is 2.32. The fourth-order valence-corrected chi connectivity index (χ4v) is 4.61. The van der Waals surface area contributed by atoms with Gasteiger partial charge in [0.1, 0.15) is 5.75 Å². The highest BCUT2D eigenvalue weighted by molar-refractivity contribution is 5.94. The Hall–Kier alpha value is -2.83. The van der Waals surface area contributed by atoms with E-state index in [1.165, 1.54) is 0 Å². The maximum Gasteiger partial charge on any atom is 0.253 e. The molecule has 2 fully saturated rings. The van der Waals surface area contributed by atoms with Crippen LogP contribution in [0.25, 0.3) is 0 Å². The van der Waals surface area contributed by atoms with Crippen LogP contribution in [0, 0.1) is 5.92 Å². The molecule has 1 aromatic heterocycles. The summed E-state index contributed by atoms with van der Waals surface area (Å²) in [4.78, 5) is 33.6. The van der Waals surface area contributed by atoms with Gasteiger partial charge in [-0.25, -0.2) is 4.98 Å². The molecule has 2 amide bonds. The van der Waals surface area contributed by atoms with Crippen LogP contribution >= 0.6 is 0 Å². The molecule has 3 heterocycles. The van der Waals surface area contributed by atoms with Crippen LogP contribution in [0.3, 0.4) is 0 Å². The maximum absolute atomic E-state index is 13.0. The van der Waals surface area contributed by atoms with Crippen LogP contribution < -0.4 is 4.74 Å². The second-order valence-electron chi connectivity index (χ2n) is 7.88. The number of imidazole rings is 1. The van der Waals surface area contributed by atoms with E-state index < -0.39 is 0 Å². The van der Waals surface area contributed by atoms with Gasteiger partial charge in [-0.05, 0) is 43.4 Å². The van der Waals surface area contributed by atoms with Crippen molar-refractivity contribution in [3.05, 3.63) is 48.5 Å². The van der Waals surface area contributed by atoms with Crippen LogP contribution in [0.2, 0.25) is 0 Å². The van der Waals surface area contributed by atoms with Crippen molar-refractivity contribution in [2.75, 3.05) is 26.7 Å². The van der Waals surface area contributed by atoms with Gasteiger partial charge in [-0.2, -0.15) is 0 Å². The Morgan fingerprint density at radius 1 is 1.28 bits per heavy atom. The lowest BCUT2D eigenvalue weighted by Gasteiger charge is -2.47. The number of piperidine rings is 2. The number of aryl methyl sites for hydroxylation is 1. The van der Waals surface area contributed by atoms with E-state index >= 15 is 0 Å². The van der Waals surface area contributed by atoms with Crippen LogP contribution in [0.1, 0.15) is 36.0 Å². The van der Waals surface area contributed by atoms with E-state index in [0.29, 0.717) is 36.7 Å². The van der Waals surface area contributed by atoms with Crippen molar-refractivity contribution in [3.63, 3.8) is 0 Å². The first-order valence-corrected chi connectivity index (χ1v) is 10.3. The zero-order chi connectivity index (χ0) is 20.2. The van der Waals surface area contributed by atoms with Crippen LogP contribution in [-0.2, 0) is 11.3 Å². The molecule has 2 aliphatic heterocycles. The Morgan fingerprint density at radius 3 is 2.97 bits per heavy atom. The minimum absolute atomic E-state index is 0.0471. The summed E-state index contributed by atoms with van der Waals surface area (Å²) < 4.78 is 7.29. The SMILES string of the molecule is COc1cccc(C(=O)N2CC[C@H]3[C@H](CCC(=O)N3CCCn3ccnc3)C2)c1. The molecule has 0 unspecified atom stereocenters. The molecular formula is C22H28N4O3. The molecule has 0 N–H and O–H groups in total. The van der Waals surface area contributed by atoms with Gasteiger partial charge in [-0.15, -0.1) is 0 Å². The smallest absolute Gasteiger partial charge is 0.253 e. The van der Waals surface area contributed by atoms with Crippen molar-refractivity contribution < 1.29 is 14.3 Å². The lowest BCUT2D eigenvalue weighted by atomic mass is 9.83. The van der Waals surface area contributed by atoms with Gasteiger partial charge in [0.25, 0.3) is 5.91 Å². The van der Waals surface area contributed by atoms with Gasteiger partial charge in [0.2, 0.25) is 5.91 Å². The second kappa shape index (κ2) is 8.68. The summed E-state index contributed by atoms with van der Waals surface area (Å²) in [6.45, 7) is 3.03. The molecule has 154 valence electrons. The van der Waals surface area contributed by atoms with Crippen molar-refractivity contribution in [1.82, 2.24) is 19.4 Å². The fourth-order valence-electron chi connectivity index (χ4n) is 4.61. The molecule has 2 atom stereocenters. The molecule has 7 nitrogen and oxygen atoms in total. The van der Waals surface area contributed by atoms with Crippen LogP contribution in [0.5, 0.6) is 5.75 Å². The minimum Gasteiger partial charge on any atom is -0.497 e. The Kier molecular flexibility index (Phi) is 5.83. The van der Waals surface area contributed by atoms with Crippen molar-refractivity contribution in [1.29, 1.82) is 0 Å². The molecule has 2 aliphatic rings. The maximum atomic E-state index is 13.0. The quantitative estimate of drug-likeness (QED) is 0.752. The number of hydrogen-bond donors (Lipinski definition) is 0. The predicted molar refractivity (Wildman–Crippen MR) is 109 cm³/mol. The number of rotatable bonds is 6. The number of likely N-dealkylation sites (tertiary alicyclic amines) is 2. The van der Waals surface area contributed by atoms with E-state index in [2.05, 4.69) is 9.88 Å². The summed E-state index contributed by atoms with van der Waals surface area (Å²) in [6, 6.07) is 7.57. The molecule has 4 rings (SSSR count). The number of hydrogen-bond acceptors (Lipinski definition) is 4. The fraction of sp³-hybridized carbons (Fsp3) is 0.500. The lowest BCUT2D eigenvalue weighted by molar-refractivity contribution is -0.140. The lowest BCUT2D eigenvalue weighted by Crippen LogP contribution is -2.57. The highest BCUT2D eigenvalue weighted by atomic mass is 16.5. The topological polar surface area (TPSA) is 67.7 Å². The number of methoxy groups -OCH3 is 1. The normalized spacial score (nSPS) is 21.8. The van der Waals surface area contributed by atoms with Gasteiger partial charge < -0.3 is 19.1 Å². The number of benzene rings is 1. The van der Waals surface area contributed by atoms with Crippen molar-refractivity contribution in [3.8, 4) is 5.75 Å². The zero-order valence-electron chi connectivity index (χ0n) is 16.9. The van der Waals surface area contributed by atoms with Gasteiger partial charge in [-0.1, -0.05) is 6.07 Å². The number of carbonyl (C=O) groups is 2. The molecule has 0 saturated carbocycles. The number of ether oxygens (including phenoxy) is 1. The van der Waals surface area contributed by atoms with Gasteiger partial charge in [0, 0.05) is 56.6 Å². The number of aromatic nitrogens is 2. The third-order valence-corrected chi connectivity index (χ3v) is 6.12. The molecular weight excluding hydrogens is 368 g/mol. The first-order chi connectivity index (χ1) is 14.2. The van der Waals surface area contributed by atoms with E-state index in [9.17, 15) is 9.59 Å². The molecule has 29 heavy (non-hydrogen) atoms. The van der Waals surface area contributed by atoms with E-state index in [4.69, 9.17) is 4.74 Å². The molecule has 0 aliphatic carbocycles. The number of fused-ring (bicyclic) bond motifs is 1. The molecule has 7 heteroatoms. The van der Waals surface area contributed by atoms with Crippen LogP contribution in [0.15, 0.2) is 43.0 Å². The molecule has 0 bridgehead atoms. The number of nitrogens with zero attached hydrogens (tertiary/aromatic N) is 4. The van der Waals surface area contributed by atoms with Crippen molar-refractivity contribution >= 4 is 11.8 Å². The highest BCUT2D eigenvalue weighted by Gasteiger charge is 2.40. The summed E-state index contributed by atoms with van der Waals surface area (Å²) >= 11 is 0. The van der Waals surface area contributed by atoms with E-state index in [1.807, 2.05) is 40.2 Å². The Bertz CT molecular complexity index is 852. The summed E-state index contributed by atoms with van der Waals surface area (Å²) in [5.74, 6) is 1.35. The third-order valence-electron chi connectivity index (χ3n) is 6.12. The van der Waals surface area contributed by atoms with Gasteiger partial charge in [0.15, 0.2) is 0 Å². The number of carbonyl (C=O) groups excluding carboxylic acids is 2. The summed E-state index contributed by atoms with van der Waals surface area (Å²) in [5.41, 5.74) is 0.659. The number of amides is 2. The summed E-state index contributed by atoms with van der Waals surface area (Å²) in [7, 11) is 1.61. The predicted octanol–water partition coefficient (Wildman–Crippen LogP) is 2.44. The first kappa shape index (κ1) is 19.5. The summed E-state index contributed by atoms with van der Waals surface area (Å²) in [5, 5.41) is 0. The molecule has 2 saturated heterocycles. The first-order valence-electron chi connectivity index (χ1n) is 10.3. The minimum atomic E-state index is 0.0471. The average molecular weight is 396 g/mol. The van der Waals surface area contributed by atoms with Gasteiger partial charge >= 0.3 is 0 Å². The molecule has 0 spiro atoms. The molecule has 1 aromatic carbocycles. The third kappa shape index (κ3) is 4.28. The zero-order valence-corrected chi connectivity index (χ0v) is 16.9. The van der Waals surface area contributed by atoms with Crippen molar-refractivity contribution in [2.45, 2.75) is 38.3 Å². The van der Waals surface area contributed by atoms with E-state index in [1.54, 1.807) is 19.4 Å². The van der Waals surface area contributed by atoms with Crippen LogP contribution in [0.4, 0.5) is 0 Å². The Labute approximate surface area is 171 Å². The van der Waals surface area contributed by atoms with E-state index in [-0.39, 0.29) is 17.9 Å². The molecule has 0 radical (unpaired) electrons. The second-order valence-corrected chi connectivity index (χ2v) is 7.88.